The quantitative estimate of drug-likeness (QED) is 0.623. The van der Waals surface area contributed by atoms with Gasteiger partial charge in [0.05, 0.1) is 10.6 Å². The number of hydrogen-bond acceptors (Lipinski definition) is 4. The van der Waals surface area contributed by atoms with Crippen LogP contribution >= 0.6 is 22.9 Å². The first-order valence-electron chi connectivity index (χ1n) is 7.40. The standard InChI is InChI=1S/C17H12ClF3N2O2S/c1-9-2-5-14(25-9)15(24)23-16-22-8-11(26-16)6-10-3-4-13(18)12(7-10)17(19,20)21/h2-5,7-8H,6H2,1H3,(H,22,23,24). The van der Waals surface area contributed by atoms with Crippen LogP contribution in [0.1, 0.15) is 32.3 Å². The minimum absolute atomic E-state index is 0.159. The van der Waals surface area contributed by atoms with Gasteiger partial charge in [-0.05, 0) is 36.8 Å². The number of carbonyl (C=O) groups excluding carboxylic acids is 1. The SMILES string of the molecule is Cc1ccc(C(=O)Nc2ncc(Cc3ccc(Cl)c(C(F)(F)F)c3)s2)o1. The second-order valence-electron chi connectivity index (χ2n) is 5.48. The molecule has 0 aliphatic rings. The number of nitrogens with zero attached hydrogens (tertiary/aromatic N) is 1. The van der Waals surface area contributed by atoms with Crippen LogP contribution in [-0.4, -0.2) is 10.9 Å². The first-order valence-corrected chi connectivity index (χ1v) is 8.60. The molecule has 1 amide bonds. The van der Waals surface area contributed by atoms with Gasteiger partial charge in [-0.3, -0.25) is 10.1 Å². The number of nitrogens with one attached hydrogen (secondary N) is 1. The van der Waals surface area contributed by atoms with Gasteiger partial charge < -0.3 is 4.42 Å². The normalized spacial score (nSPS) is 11.6. The number of halogens is 4. The fourth-order valence-corrected chi connectivity index (χ4v) is 3.33. The van der Waals surface area contributed by atoms with Crippen LogP contribution in [0.4, 0.5) is 18.3 Å². The number of aromatic nitrogens is 1. The number of amides is 1. The molecule has 136 valence electrons. The van der Waals surface area contributed by atoms with Crippen LogP contribution in [-0.2, 0) is 12.6 Å². The number of furan rings is 1. The molecule has 0 atom stereocenters. The molecule has 0 spiro atoms. The molecule has 9 heteroatoms. The molecule has 4 nitrogen and oxygen atoms in total. The third-order valence-corrected chi connectivity index (χ3v) is 4.70. The highest BCUT2D eigenvalue weighted by atomic mass is 35.5. The summed E-state index contributed by atoms with van der Waals surface area (Å²) < 4.78 is 44.0. The highest BCUT2D eigenvalue weighted by molar-refractivity contribution is 7.15. The lowest BCUT2D eigenvalue weighted by atomic mass is 10.1. The lowest BCUT2D eigenvalue weighted by Crippen LogP contribution is -2.10. The number of thiazole rings is 1. The Balaban J connectivity index is 1.72. The molecule has 2 aromatic heterocycles. The second kappa shape index (κ2) is 7.13. The summed E-state index contributed by atoms with van der Waals surface area (Å²) in [7, 11) is 0. The van der Waals surface area contributed by atoms with E-state index in [4.69, 9.17) is 16.0 Å². The van der Waals surface area contributed by atoms with Crippen LogP contribution in [0.2, 0.25) is 5.02 Å². The number of carbonyl (C=O) groups is 1. The Hall–Kier alpha value is -2.32. The summed E-state index contributed by atoms with van der Waals surface area (Å²) in [5.74, 6) is 0.329. The summed E-state index contributed by atoms with van der Waals surface area (Å²) in [6, 6.07) is 6.99. The first kappa shape index (κ1) is 18.5. The molecule has 0 radical (unpaired) electrons. The predicted octanol–water partition coefficient (Wildman–Crippen LogP) is 5.56. The van der Waals surface area contributed by atoms with Gasteiger partial charge in [-0.15, -0.1) is 11.3 Å². The molecule has 1 aromatic carbocycles. The molecule has 0 unspecified atom stereocenters. The van der Waals surface area contributed by atoms with E-state index in [9.17, 15) is 18.0 Å². The lowest BCUT2D eigenvalue weighted by Gasteiger charge is -2.10. The topological polar surface area (TPSA) is 55.1 Å². The lowest BCUT2D eigenvalue weighted by molar-refractivity contribution is -0.137. The molecule has 0 saturated carbocycles. The Morgan fingerprint density at radius 1 is 1.31 bits per heavy atom. The van der Waals surface area contributed by atoms with E-state index in [-0.39, 0.29) is 17.2 Å². The molecule has 0 saturated heterocycles. The van der Waals surface area contributed by atoms with Crippen LogP contribution in [0, 0.1) is 6.92 Å². The van der Waals surface area contributed by atoms with Crippen LogP contribution in [0.5, 0.6) is 0 Å². The zero-order chi connectivity index (χ0) is 18.9. The summed E-state index contributed by atoms with van der Waals surface area (Å²) in [5.41, 5.74) is -0.423. The van der Waals surface area contributed by atoms with E-state index in [2.05, 4.69) is 10.3 Å². The summed E-state index contributed by atoms with van der Waals surface area (Å²) in [4.78, 5) is 16.8. The van der Waals surface area contributed by atoms with Crippen molar-refractivity contribution in [2.45, 2.75) is 19.5 Å². The van der Waals surface area contributed by atoms with Crippen molar-refractivity contribution in [1.29, 1.82) is 0 Å². The largest absolute Gasteiger partial charge is 0.456 e. The maximum absolute atomic E-state index is 12.9. The first-order chi connectivity index (χ1) is 12.2. The van der Waals surface area contributed by atoms with Gasteiger partial charge in [0.2, 0.25) is 0 Å². The van der Waals surface area contributed by atoms with E-state index in [0.717, 1.165) is 6.07 Å². The highest BCUT2D eigenvalue weighted by Gasteiger charge is 2.33. The Morgan fingerprint density at radius 3 is 2.73 bits per heavy atom. The van der Waals surface area contributed by atoms with Crippen molar-refractivity contribution in [1.82, 2.24) is 4.98 Å². The third kappa shape index (κ3) is 4.25. The van der Waals surface area contributed by atoms with Gasteiger partial charge in [0, 0.05) is 17.5 Å². The number of anilines is 1. The van der Waals surface area contributed by atoms with E-state index in [1.54, 1.807) is 19.1 Å². The van der Waals surface area contributed by atoms with Crippen molar-refractivity contribution in [3.8, 4) is 0 Å². The van der Waals surface area contributed by atoms with Crippen molar-refractivity contribution in [2.75, 3.05) is 5.32 Å². The average molecular weight is 401 g/mol. The zero-order valence-corrected chi connectivity index (χ0v) is 14.9. The fourth-order valence-electron chi connectivity index (χ4n) is 2.26. The van der Waals surface area contributed by atoms with E-state index >= 15 is 0 Å². The Labute approximate surface area is 155 Å². The summed E-state index contributed by atoms with van der Waals surface area (Å²) >= 11 is 6.80. The molecule has 3 aromatic rings. The predicted molar refractivity (Wildman–Crippen MR) is 92.8 cm³/mol. The van der Waals surface area contributed by atoms with E-state index < -0.39 is 17.6 Å². The zero-order valence-electron chi connectivity index (χ0n) is 13.4. The molecule has 0 aliphatic heterocycles. The van der Waals surface area contributed by atoms with Crippen molar-refractivity contribution in [3.63, 3.8) is 0 Å². The van der Waals surface area contributed by atoms with Gasteiger partial charge in [0.25, 0.3) is 5.91 Å². The summed E-state index contributed by atoms with van der Waals surface area (Å²) in [6.45, 7) is 1.72. The summed E-state index contributed by atoms with van der Waals surface area (Å²) in [6.07, 6.45) is -2.76. The maximum atomic E-state index is 12.9. The van der Waals surface area contributed by atoms with Gasteiger partial charge in [-0.2, -0.15) is 13.2 Å². The molecule has 26 heavy (non-hydrogen) atoms. The number of benzene rings is 1. The molecule has 1 N–H and O–H groups in total. The molecular weight excluding hydrogens is 389 g/mol. The van der Waals surface area contributed by atoms with Crippen LogP contribution < -0.4 is 5.32 Å². The minimum atomic E-state index is -4.51. The average Bonchev–Trinajstić information content (AvgIpc) is 3.17. The molecular formula is C17H12ClF3N2O2S. The molecule has 0 bridgehead atoms. The fraction of sp³-hybridized carbons (Fsp3) is 0.176. The van der Waals surface area contributed by atoms with Gasteiger partial charge in [-0.25, -0.2) is 4.98 Å². The highest BCUT2D eigenvalue weighted by Crippen LogP contribution is 2.35. The molecule has 0 aliphatic carbocycles. The van der Waals surface area contributed by atoms with Gasteiger partial charge in [0.1, 0.15) is 5.76 Å². The minimum Gasteiger partial charge on any atom is -0.456 e. The molecule has 3 rings (SSSR count). The van der Waals surface area contributed by atoms with Crippen molar-refractivity contribution in [3.05, 3.63) is 69.1 Å². The Morgan fingerprint density at radius 2 is 2.08 bits per heavy atom. The van der Waals surface area contributed by atoms with Gasteiger partial charge in [-0.1, -0.05) is 17.7 Å². The van der Waals surface area contributed by atoms with Gasteiger partial charge in [0.15, 0.2) is 10.9 Å². The van der Waals surface area contributed by atoms with E-state index in [1.165, 1.54) is 29.7 Å². The second-order valence-corrected chi connectivity index (χ2v) is 7.01. The van der Waals surface area contributed by atoms with E-state index in [0.29, 0.717) is 21.3 Å². The van der Waals surface area contributed by atoms with Crippen molar-refractivity contribution >= 4 is 34.0 Å². The van der Waals surface area contributed by atoms with E-state index in [1.807, 2.05) is 0 Å². The van der Waals surface area contributed by atoms with Gasteiger partial charge >= 0.3 is 6.18 Å². The smallest absolute Gasteiger partial charge is 0.417 e. The number of rotatable bonds is 4. The third-order valence-electron chi connectivity index (χ3n) is 3.45. The maximum Gasteiger partial charge on any atom is 0.417 e. The monoisotopic (exact) mass is 400 g/mol. The number of hydrogen-bond donors (Lipinski definition) is 1. The van der Waals surface area contributed by atoms with Crippen molar-refractivity contribution in [2.24, 2.45) is 0 Å². The summed E-state index contributed by atoms with van der Waals surface area (Å²) in [5, 5.41) is 2.59. The Kier molecular flexibility index (Phi) is 5.06. The Bertz CT molecular complexity index is 950. The number of alkyl halides is 3. The van der Waals surface area contributed by atoms with Crippen LogP contribution in [0.3, 0.4) is 0 Å². The van der Waals surface area contributed by atoms with Crippen LogP contribution in [0.15, 0.2) is 40.9 Å². The number of aryl methyl sites for hydroxylation is 1. The molecule has 0 fully saturated rings. The van der Waals surface area contributed by atoms with Crippen molar-refractivity contribution < 1.29 is 22.4 Å². The van der Waals surface area contributed by atoms with Crippen LogP contribution in [0.25, 0.3) is 0 Å². The molecule has 2 heterocycles.